The van der Waals surface area contributed by atoms with Gasteiger partial charge in [-0.05, 0) is 45.7 Å². The van der Waals surface area contributed by atoms with Gasteiger partial charge < -0.3 is 15.8 Å². The highest BCUT2D eigenvalue weighted by Crippen LogP contribution is 2.17. The molecule has 0 bridgehead atoms. The number of hydrogen-bond acceptors (Lipinski definition) is 3. The molecule has 1 aliphatic rings. The van der Waals surface area contributed by atoms with E-state index in [1.807, 2.05) is 0 Å². The molecule has 0 aromatic carbocycles. The van der Waals surface area contributed by atoms with E-state index in [1.165, 1.54) is 19.3 Å². The van der Waals surface area contributed by atoms with Crippen molar-refractivity contribution in [3.05, 3.63) is 0 Å². The molecule has 1 saturated heterocycles. The van der Waals surface area contributed by atoms with Crippen molar-refractivity contribution >= 4 is 0 Å². The van der Waals surface area contributed by atoms with E-state index in [0.717, 1.165) is 26.1 Å². The van der Waals surface area contributed by atoms with E-state index in [2.05, 4.69) is 12.2 Å². The zero-order chi connectivity index (χ0) is 9.52. The summed E-state index contributed by atoms with van der Waals surface area (Å²) in [5, 5.41) is 3.40. The first kappa shape index (κ1) is 11.0. The Balaban J connectivity index is 1.88. The smallest absolute Gasteiger partial charge is 0.0704 e. The van der Waals surface area contributed by atoms with Crippen LogP contribution in [0, 0.1) is 0 Å². The van der Waals surface area contributed by atoms with Crippen LogP contribution in [0.5, 0.6) is 0 Å². The van der Waals surface area contributed by atoms with Gasteiger partial charge in [-0.25, -0.2) is 0 Å². The van der Waals surface area contributed by atoms with Crippen LogP contribution in [-0.4, -0.2) is 31.8 Å². The van der Waals surface area contributed by atoms with E-state index < -0.39 is 0 Å². The summed E-state index contributed by atoms with van der Waals surface area (Å²) in [6.07, 6.45) is 5.65. The van der Waals surface area contributed by atoms with Crippen molar-refractivity contribution in [2.75, 3.05) is 19.6 Å². The van der Waals surface area contributed by atoms with Gasteiger partial charge in [-0.2, -0.15) is 0 Å². The molecular weight excluding hydrogens is 164 g/mol. The molecule has 0 aromatic rings. The molecule has 0 radical (unpaired) electrons. The molecule has 1 rings (SSSR count). The van der Waals surface area contributed by atoms with Crippen molar-refractivity contribution in [2.45, 2.75) is 44.8 Å². The molecule has 0 saturated carbocycles. The van der Waals surface area contributed by atoms with E-state index in [-0.39, 0.29) is 0 Å². The molecule has 78 valence electrons. The van der Waals surface area contributed by atoms with Gasteiger partial charge in [0, 0.05) is 6.54 Å². The fourth-order valence-electron chi connectivity index (χ4n) is 1.69. The molecule has 3 nitrogen and oxygen atoms in total. The Hall–Kier alpha value is -0.120. The van der Waals surface area contributed by atoms with Gasteiger partial charge in [0.2, 0.25) is 0 Å². The summed E-state index contributed by atoms with van der Waals surface area (Å²) in [5.41, 5.74) is 5.40. The van der Waals surface area contributed by atoms with Gasteiger partial charge in [0.25, 0.3) is 0 Å². The fraction of sp³-hybridized carbons (Fsp3) is 1.00. The summed E-state index contributed by atoms with van der Waals surface area (Å²) in [6.45, 7) is 5.04. The van der Waals surface area contributed by atoms with Gasteiger partial charge in [-0.1, -0.05) is 0 Å². The lowest BCUT2D eigenvalue weighted by molar-refractivity contribution is 0.0561. The van der Waals surface area contributed by atoms with Gasteiger partial charge in [0.15, 0.2) is 0 Å². The van der Waals surface area contributed by atoms with E-state index in [4.69, 9.17) is 10.5 Å². The summed E-state index contributed by atoms with van der Waals surface area (Å²) in [7, 11) is 0. The molecule has 0 aliphatic carbocycles. The maximum Gasteiger partial charge on any atom is 0.0704 e. The second kappa shape index (κ2) is 6.35. The SMILES string of the molecule is CC1CCC(CNCCCCN)O1. The molecule has 2 unspecified atom stereocenters. The first-order valence-electron chi connectivity index (χ1n) is 5.39. The number of ether oxygens (including phenoxy) is 1. The Morgan fingerprint density at radius 2 is 2.23 bits per heavy atom. The van der Waals surface area contributed by atoms with E-state index in [0.29, 0.717) is 12.2 Å². The lowest BCUT2D eigenvalue weighted by Gasteiger charge is -2.11. The van der Waals surface area contributed by atoms with Crippen LogP contribution in [0.3, 0.4) is 0 Å². The van der Waals surface area contributed by atoms with Crippen molar-refractivity contribution < 1.29 is 4.74 Å². The lowest BCUT2D eigenvalue weighted by atomic mass is 10.2. The number of nitrogens with two attached hydrogens (primary N) is 1. The minimum absolute atomic E-state index is 0.452. The highest BCUT2D eigenvalue weighted by atomic mass is 16.5. The third-order valence-corrected chi connectivity index (χ3v) is 2.50. The topological polar surface area (TPSA) is 47.3 Å². The Labute approximate surface area is 81.0 Å². The molecule has 3 N–H and O–H groups in total. The zero-order valence-corrected chi connectivity index (χ0v) is 8.59. The second-order valence-electron chi connectivity index (χ2n) is 3.85. The van der Waals surface area contributed by atoms with Crippen molar-refractivity contribution in [3.8, 4) is 0 Å². The van der Waals surface area contributed by atoms with Gasteiger partial charge in [-0.15, -0.1) is 0 Å². The number of unbranched alkanes of at least 4 members (excludes halogenated alkanes) is 1. The lowest BCUT2D eigenvalue weighted by Crippen LogP contribution is -2.27. The molecule has 1 aliphatic heterocycles. The Bertz CT molecular complexity index is 130. The van der Waals surface area contributed by atoms with Crippen LogP contribution in [0.15, 0.2) is 0 Å². The summed E-state index contributed by atoms with van der Waals surface area (Å²) >= 11 is 0. The molecule has 2 atom stereocenters. The maximum absolute atomic E-state index is 5.68. The van der Waals surface area contributed by atoms with E-state index in [1.54, 1.807) is 0 Å². The second-order valence-corrected chi connectivity index (χ2v) is 3.85. The predicted molar refractivity (Wildman–Crippen MR) is 54.7 cm³/mol. The van der Waals surface area contributed by atoms with Crippen molar-refractivity contribution in [2.24, 2.45) is 5.73 Å². The van der Waals surface area contributed by atoms with Gasteiger partial charge >= 0.3 is 0 Å². The van der Waals surface area contributed by atoms with E-state index in [9.17, 15) is 0 Å². The average molecular weight is 186 g/mol. The Kier molecular flexibility index (Phi) is 5.35. The quantitative estimate of drug-likeness (QED) is 0.605. The van der Waals surface area contributed by atoms with Crippen molar-refractivity contribution in [1.82, 2.24) is 5.32 Å². The first-order chi connectivity index (χ1) is 6.33. The van der Waals surface area contributed by atoms with Crippen LogP contribution in [0.4, 0.5) is 0 Å². The summed E-state index contributed by atoms with van der Waals surface area (Å²) in [5.74, 6) is 0. The number of hydrogen-bond donors (Lipinski definition) is 2. The van der Waals surface area contributed by atoms with Crippen molar-refractivity contribution in [3.63, 3.8) is 0 Å². The first-order valence-corrected chi connectivity index (χ1v) is 5.39. The van der Waals surface area contributed by atoms with Gasteiger partial charge in [0.05, 0.1) is 12.2 Å². The standard InChI is InChI=1S/C10H22N2O/c1-9-4-5-10(13-9)8-12-7-3-2-6-11/h9-10,12H,2-8,11H2,1H3. The van der Waals surface area contributed by atoms with E-state index >= 15 is 0 Å². The van der Waals surface area contributed by atoms with Crippen LogP contribution in [-0.2, 0) is 4.74 Å². The van der Waals surface area contributed by atoms with Crippen LogP contribution >= 0.6 is 0 Å². The van der Waals surface area contributed by atoms with Crippen LogP contribution in [0.2, 0.25) is 0 Å². The molecule has 0 amide bonds. The number of rotatable bonds is 6. The average Bonchev–Trinajstić information content (AvgIpc) is 2.51. The summed E-state index contributed by atoms with van der Waals surface area (Å²) < 4.78 is 5.68. The maximum atomic E-state index is 5.68. The van der Waals surface area contributed by atoms with Crippen LogP contribution in [0.1, 0.15) is 32.6 Å². The largest absolute Gasteiger partial charge is 0.374 e. The molecule has 0 aromatic heterocycles. The zero-order valence-electron chi connectivity index (χ0n) is 8.59. The van der Waals surface area contributed by atoms with Crippen LogP contribution in [0.25, 0.3) is 0 Å². The molecular formula is C10H22N2O. The predicted octanol–water partition coefficient (Wildman–Crippen LogP) is 0.882. The molecule has 13 heavy (non-hydrogen) atoms. The molecule has 1 fully saturated rings. The number of nitrogens with one attached hydrogen (secondary N) is 1. The monoisotopic (exact) mass is 186 g/mol. The summed E-state index contributed by atoms with van der Waals surface area (Å²) in [6, 6.07) is 0. The minimum atomic E-state index is 0.452. The highest BCUT2D eigenvalue weighted by Gasteiger charge is 2.20. The molecule has 1 heterocycles. The van der Waals surface area contributed by atoms with Crippen molar-refractivity contribution in [1.29, 1.82) is 0 Å². The normalized spacial score (nSPS) is 28.2. The highest BCUT2D eigenvalue weighted by molar-refractivity contribution is 4.72. The minimum Gasteiger partial charge on any atom is -0.374 e. The third-order valence-electron chi connectivity index (χ3n) is 2.50. The Morgan fingerprint density at radius 1 is 1.38 bits per heavy atom. The van der Waals surface area contributed by atoms with Crippen LogP contribution < -0.4 is 11.1 Å². The summed E-state index contributed by atoms with van der Waals surface area (Å²) in [4.78, 5) is 0. The molecule has 3 heteroatoms. The third kappa shape index (κ3) is 4.60. The fourth-order valence-corrected chi connectivity index (χ4v) is 1.69. The van der Waals surface area contributed by atoms with Gasteiger partial charge in [0.1, 0.15) is 0 Å². The van der Waals surface area contributed by atoms with Gasteiger partial charge in [-0.3, -0.25) is 0 Å². The Morgan fingerprint density at radius 3 is 2.85 bits per heavy atom. The molecule has 0 spiro atoms.